The number of hydrogen-bond acceptors (Lipinski definition) is 3. The molecule has 3 rings (SSSR count). The van der Waals surface area contributed by atoms with Gasteiger partial charge in [-0.25, -0.2) is 0 Å². The van der Waals surface area contributed by atoms with Crippen molar-refractivity contribution in [2.24, 2.45) is 11.8 Å². The summed E-state index contributed by atoms with van der Waals surface area (Å²) >= 11 is 0. The SMILES string of the molecule is COc1ccc(C[NH+]2CC[NH+](CC(=O)N[C@H]3CCC[C@H](C)[C@H]3C)CC2)cc1OC. The minimum absolute atomic E-state index is 0.231. The van der Waals surface area contributed by atoms with Crippen LogP contribution in [0.3, 0.4) is 0 Å². The number of nitrogens with one attached hydrogen (secondary N) is 3. The maximum atomic E-state index is 12.6. The molecule has 0 bridgehead atoms. The Morgan fingerprint density at radius 1 is 1.03 bits per heavy atom. The second kappa shape index (κ2) is 10.3. The van der Waals surface area contributed by atoms with Crippen molar-refractivity contribution in [1.82, 2.24) is 5.32 Å². The molecule has 0 radical (unpaired) electrons. The standard InChI is InChI=1S/C23H37N3O3/c1-17-6-5-7-20(18(17)2)24-23(27)16-26-12-10-25(11-13-26)15-19-8-9-21(28-3)22(14-19)29-4/h8-9,14,17-18,20H,5-7,10-13,15-16H2,1-4H3,(H,24,27)/p+2/t17-,18+,20-/m0/s1. The maximum absolute atomic E-state index is 12.6. The van der Waals surface area contributed by atoms with Crippen LogP contribution in [0.2, 0.25) is 0 Å². The predicted octanol–water partition coefficient (Wildman–Crippen LogP) is -0.0719. The second-order valence-corrected chi connectivity index (χ2v) is 8.98. The van der Waals surface area contributed by atoms with Crippen molar-refractivity contribution in [3.8, 4) is 11.5 Å². The molecule has 1 aliphatic heterocycles. The average molecular weight is 406 g/mol. The van der Waals surface area contributed by atoms with Crippen LogP contribution in [0, 0.1) is 11.8 Å². The summed E-state index contributed by atoms with van der Waals surface area (Å²) in [5.41, 5.74) is 1.26. The molecule has 1 amide bonds. The van der Waals surface area contributed by atoms with Gasteiger partial charge in [-0.1, -0.05) is 26.7 Å². The number of piperazine rings is 1. The fraction of sp³-hybridized carbons (Fsp3) is 0.696. The van der Waals surface area contributed by atoms with Crippen LogP contribution in [0.1, 0.15) is 38.7 Å². The van der Waals surface area contributed by atoms with E-state index in [1.54, 1.807) is 19.1 Å². The zero-order valence-corrected chi connectivity index (χ0v) is 18.6. The van der Waals surface area contributed by atoms with E-state index in [1.165, 1.54) is 23.3 Å². The molecule has 1 saturated heterocycles. The van der Waals surface area contributed by atoms with E-state index < -0.39 is 0 Å². The number of carbonyl (C=O) groups is 1. The summed E-state index contributed by atoms with van der Waals surface area (Å²) in [4.78, 5) is 15.5. The van der Waals surface area contributed by atoms with Gasteiger partial charge in [0.15, 0.2) is 18.0 Å². The number of benzene rings is 1. The largest absolute Gasteiger partial charge is 0.493 e. The van der Waals surface area contributed by atoms with Gasteiger partial charge in [0.1, 0.15) is 32.7 Å². The third-order valence-corrected chi connectivity index (χ3v) is 7.03. The molecule has 3 N–H and O–H groups in total. The van der Waals surface area contributed by atoms with Crippen LogP contribution in [-0.4, -0.2) is 58.9 Å². The number of ether oxygens (including phenoxy) is 2. The first-order valence-electron chi connectivity index (χ1n) is 11.2. The third-order valence-electron chi connectivity index (χ3n) is 7.03. The van der Waals surface area contributed by atoms with Gasteiger partial charge in [-0.15, -0.1) is 0 Å². The van der Waals surface area contributed by atoms with Crippen LogP contribution < -0.4 is 24.6 Å². The van der Waals surface area contributed by atoms with E-state index in [0.29, 0.717) is 24.4 Å². The van der Waals surface area contributed by atoms with E-state index >= 15 is 0 Å². The summed E-state index contributed by atoms with van der Waals surface area (Å²) < 4.78 is 10.7. The Hall–Kier alpha value is -1.79. The highest BCUT2D eigenvalue weighted by Crippen LogP contribution is 2.29. The average Bonchev–Trinajstić information content (AvgIpc) is 2.72. The molecule has 0 unspecified atom stereocenters. The van der Waals surface area contributed by atoms with Crippen LogP contribution in [0.5, 0.6) is 11.5 Å². The van der Waals surface area contributed by atoms with Crippen LogP contribution in [0.4, 0.5) is 0 Å². The molecule has 1 aromatic rings. The molecule has 0 aromatic heterocycles. The Labute approximate surface area is 175 Å². The number of rotatable bonds is 7. The molecule has 0 spiro atoms. The summed E-state index contributed by atoms with van der Waals surface area (Å²) in [6, 6.07) is 6.53. The number of amides is 1. The van der Waals surface area contributed by atoms with E-state index in [2.05, 4.69) is 31.3 Å². The quantitative estimate of drug-likeness (QED) is 0.595. The zero-order chi connectivity index (χ0) is 20.8. The van der Waals surface area contributed by atoms with Crippen LogP contribution in [0.25, 0.3) is 0 Å². The molecule has 3 atom stereocenters. The second-order valence-electron chi connectivity index (χ2n) is 8.98. The fourth-order valence-electron chi connectivity index (χ4n) is 4.86. The lowest BCUT2D eigenvalue weighted by Crippen LogP contribution is -3.28. The van der Waals surface area contributed by atoms with Gasteiger partial charge in [-0.3, -0.25) is 4.79 Å². The highest BCUT2D eigenvalue weighted by Gasteiger charge is 2.30. The highest BCUT2D eigenvalue weighted by atomic mass is 16.5. The van der Waals surface area contributed by atoms with E-state index in [-0.39, 0.29) is 5.91 Å². The van der Waals surface area contributed by atoms with Crippen molar-refractivity contribution in [3.05, 3.63) is 23.8 Å². The molecule has 6 nitrogen and oxygen atoms in total. The van der Waals surface area contributed by atoms with Gasteiger partial charge in [0.25, 0.3) is 5.91 Å². The van der Waals surface area contributed by atoms with E-state index in [4.69, 9.17) is 9.47 Å². The smallest absolute Gasteiger partial charge is 0.275 e. The van der Waals surface area contributed by atoms with Gasteiger partial charge in [0.2, 0.25) is 0 Å². The van der Waals surface area contributed by atoms with Gasteiger partial charge in [-0.05, 0) is 36.5 Å². The van der Waals surface area contributed by atoms with Crippen molar-refractivity contribution >= 4 is 5.91 Å². The van der Waals surface area contributed by atoms with Crippen molar-refractivity contribution in [1.29, 1.82) is 0 Å². The Morgan fingerprint density at radius 2 is 1.72 bits per heavy atom. The first-order valence-corrected chi connectivity index (χ1v) is 11.2. The molecule has 1 aromatic carbocycles. The topological polar surface area (TPSA) is 56.4 Å². The fourth-order valence-corrected chi connectivity index (χ4v) is 4.86. The normalized spacial score (nSPS) is 29.9. The summed E-state index contributed by atoms with van der Waals surface area (Å²) in [6.45, 7) is 10.5. The molecule has 2 aliphatic rings. The Kier molecular flexibility index (Phi) is 7.78. The van der Waals surface area contributed by atoms with Crippen LogP contribution in [-0.2, 0) is 11.3 Å². The minimum atomic E-state index is 0.231. The van der Waals surface area contributed by atoms with Crippen molar-refractivity contribution in [2.75, 3.05) is 46.9 Å². The number of methoxy groups -OCH3 is 2. The summed E-state index contributed by atoms with van der Waals surface area (Å²) in [5.74, 6) is 3.09. The van der Waals surface area contributed by atoms with Crippen molar-refractivity contribution in [2.45, 2.75) is 45.7 Å². The number of quaternary nitrogens is 2. The molecule has 29 heavy (non-hydrogen) atoms. The van der Waals surface area contributed by atoms with Crippen molar-refractivity contribution < 1.29 is 24.1 Å². The Balaban J connectivity index is 1.43. The molecule has 6 heteroatoms. The van der Waals surface area contributed by atoms with Gasteiger partial charge in [-0.2, -0.15) is 0 Å². The van der Waals surface area contributed by atoms with Gasteiger partial charge >= 0.3 is 0 Å². The molecular weight excluding hydrogens is 366 g/mol. The molecule has 1 saturated carbocycles. The van der Waals surface area contributed by atoms with Gasteiger partial charge in [0, 0.05) is 11.6 Å². The summed E-state index contributed by atoms with van der Waals surface area (Å²) in [7, 11) is 3.34. The van der Waals surface area contributed by atoms with Gasteiger partial charge < -0.3 is 24.6 Å². The van der Waals surface area contributed by atoms with Crippen molar-refractivity contribution in [3.63, 3.8) is 0 Å². The Morgan fingerprint density at radius 3 is 2.41 bits per heavy atom. The maximum Gasteiger partial charge on any atom is 0.275 e. The first-order chi connectivity index (χ1) is 14.0. The monoisotopic (exact) mass is 405 g/mol. The zero-order valence-electron chi connectivity index (χ0n) is 18.6. The van der Waals surface area contributed by atoms with Crippen LogP contribution >= 0.6 is 0 Å². The number of hydrogen-bond donors (Lipinski definition) is 3. The lowest BCUT2D eigenvalue weighted by atomic mass is 9.78. The molecule has 1 heterocycles. The molecule has 2 fully saturated rings. The highest BCUT2D eigenvalue weighted by molar-refractivity contribution is 5.77. The van der Waals surface area contributed by atoms with E-state index in [9.17, 15) is 4.79 Å². The Bertz CT molecular complexity index is 673. The predicted molar refractivity (Wildman–Crippen MR) is 114 cm³/mol. The number of carbonyl (C=O) groups excluding carboxylic acids is 1. The van der Waals surface area contributed by atoms with E-state index in [1.807, 2.05) is 6.07 Å². The lowest BCUT2D eigenvalue weighted by molar-refractivity contribution is -1.02. The molecule has 162 valence electrons. The van der Waals surface area contributed by atoms with Gasteiger partial charge in [0.05, 0.1) is 14.2 Å². The first kappa shape index (κ1) is 21.9. The van der Waals surface area contributed by atoms with E-state index in [0.717, 1.165) is 50.6 Å². The summed E-state index contributed by atoms with van der Waals surface area (Å²) in [5, 5.41) is 3.33. The lowest BCUT2D eigenvalue weighted by Gasteiger charge is -2.35. The summed E-state index contributed by atoms with van der Waals surface area (Å²) in [6.07, 6.45) is 3.67. The van der Waals surface area contributed by atoms with Crippen LogP contribution in [0.15, 0.2) is 18.2 Å². The molecular formula is C23H39N3O3+2. The third kappa shape index (κ3) is 5.86. The molecule has 1 aliphatic carbocycles. The minimum Gasteiger partial charge on any atom is -0.493 e.